The van der Waals surface area contributed by atoms with E-state index in [0.717, 1.165) is 17.9 Å². The molecular weight excluding hydrogens is 342 g/mol. The number of anilines is 1. The summed E-state index contributed by atoms with van der Waals surface area (Å²) >= 11 is 0. The van der Waals surface area contributed by atoms with Gasteiger partial charge in [0.05, 0.1) is 12.8 Å². The van der Waals surface area contributed by atoms with Gasteiger partial charge in [-0.25, -0.2) is 0 Å². The predicted octanol–water partition coefficient (Wildman–Crippen LogP) is 2.67. The fraction of sp³-hybridized carbons (Fsp3) is 0.619. The van der Waals surface area contributed by atoms with Gasteiger partial charge in [-0.2, -0.15) is 0 Å². The minimum absolute atomic E-state index is 0.0696. The lowest BCUT2D eigenvalue weighted by Gasteiger charge is -2.37. The third-order valence-electron chi connectivity index (χ3n) is 4.61. The quantitative estimate of drug-likeness (QED) is 0.822. The third-order valence-corrected chi connectivity index (χ3v) is 4.61. The summed E-state index contributed by atoms with van der Waals surface area (Å²) in [6.45, 7) is 12.7. The monoisotopic (exact) mass is 375 g/mol. The van der Waals surface area contributed by atoms with E-state index in [2.05, 4.69) is 31.0 Å². The van der Waals surface area contributed by atoms with E-state index in [-0.39, 0.29) is 5.41 Å². The molecule has 2 amide bonds. The van der Waals surface area contributed by atoms with Gasteiger partial charge in [0.2, 0.25) is 0 Å². The highest BCUT2D eigenvalue weighted by Gasteiger charge is 2.32. The van der Waals surface area contributed by atoms with Crippen LogP contribution in [0.5, 0.6) is 5.75 Å². The van der Waals surface area contributed by atoms with E-state index in [1.165, 1.54) is 0 Å². The highest BCUT2D eigenvalue weighted by Crippen LogP contribution is 2.29. The molecule has 0 bridgehead atoms. The number of hydrogen-bond acceptors (Lipinski definition) is 4. The van der Waals surface area contributed by atoms with Crippen LogP contribution < -0.4 is 15.0 Å². The van der Waals surface area contributed by atoms with Crippen molar-refractivity contribution in [2.45, 2.75) is 46.6 Å². The molecule has 1 aliphatic heterocycles. The summed E-state index contributed by atoms with van der Waals surface area (Å²) in [6.07, 6.45) is 0.792. The molecule has 0 radical (unpaired) electrons. The van der Waals surface area contributed by atoms with Gasteiger partial charge < -0.3 is 19.9 Å². The Morgan fingerprint density at radius 1 is 1.04 bits per heavy atom. The van der Waals surface area contributed by atoms with Crippen molar-refractivity contribution in [1.29, 1.82) is 0 Å². The van der Waals surface area contributed by atoms with Crippen molar-refractivity contribution in [2.24, 2.45) is 5.41 Å². The number of benzene rings is 1. The van der Waals surface area contributed by atoms with Crippen molar-refractivity contribution in [3.63, 3.8) is 0 Å². The van der Waals surface area contributed by atoms with Crippen LogP contribution in [0.1, 0.15) is 41.0 Å². The first kappa shape index (κ1) is 21.1. The fourth-order valence-electron chi connectivity index (χ4n) is 3.92. The van der Waals surface area contributed by atoms with E-state index in [1.54, 1.807) is 12.0 Å². The number of hydrogen-bond donors (Lipinski definition) is 1. The predicted molar refractivity (Wildman–Crippen MR) is 108 cm³/mol. The number of methoxy groups -OCH3 is 1. The minimum atomic E-state index is -0.519. The zero-order chi connectivity index (χ0) is 20.2. The van der Waals surface area contributed by atoms with Crippen LogP contribution in [0.15, 0.2) is 24.3 Å². The Kier molecular flexibility index (Phi) is 6.39. The Hall–Kier alpha value is -2.24. The molecule has 0 aliphatic carbocycles. The maximum absolute atomic E-state index is 12.6. The van der Waals surface area contributed by atoms with Gasteiger partial charge in [-0.15, -0.1) is 0 Å². The van der Waals surface area contributed by atoms with Gasteiger partial charge >= 0.3 is 11.8 Å². The maximum atomic E-state index is 12.6. The van der Waals surface area contributed by atoms with E-state index in [9.17, 15) is 9.59 Å². The van der Waals surface area contributed by atoms with Gasteiger partial charge in [0, 0.05) is 31.7 Å². The second-order valence-corrected chi connectivity index (χ2v) is 9.03. The van der Waals surface area contributed by atoms with E-state index < -0.39 is 17.4 Å². The van der Waals surface area contributed by atoms with Gasteiger partial charge in [-0.1, -0.05) is 32.9 Å². The number of para-hydroxylation sites is 2. The molecule has 0 atom stereocenters. The fourth-order valence-corrected chi connectivity index (χ4v) is 3.92. The van der Waals surface area contributed by atoms with Crippen LogP contribution in [-0.4, -0.2) is 55.5 Å². The first-order chi connectivity index (χ1) is 12.5. The molecule has 0 spiro atoms. The molecule has 27 heavy (non-hydrogen) atoms. The molecule has 1 fully saturated rings. The SMILES string of the molecule is COc1ccccc1N1CCN(C(=O)C(=O)NC(C)(C)CC(C)(C)C)CC1. The Bertz CT molecular complexity index is 671. The van der Waals surface area contributed by atoms with Gasteiger partial charge in [-0.05, 0) is 37.8 Å². The Balaban J connectivity index is 1.93. The Morgan fingerprint density at radius 3 is 2.19 bits per heavy atom. The van der Waals surface area contributed by atoms with Gasteiger partial charge in [0.1, 0.15) is 5.75 Å². The topological polar surface area (TPSA) is 61.9 Å². The number of rotatable bonds is 4. The zero-order valence-corrected chi connectivity index (χ0v) is 17.5. The standard InChI is InChI=1S/C21H33N3O3/c1-20(2,3)15-21(4,5)22-18(25)19(26)24-13-11-23(12-14-24)16-9-7-8-10-17(16)27-6/h7-10H,11-15H2,1-6H3,(H,22,25). The number of carbonyl (C=O) groups is 2. The lowest BCUT2D eigenvalue weighted by atomic mass is 9.82. The van der Waals surface area contributed by atoms with Gasteiger partial charge in [0.15, 0.2) is 0 Å². The summed E-state index contributed by atoms with van der Waals surface area (Å²) in [5.41, 5.74) is 0.660. The molecule has 0 saturated carbocycles. The molecule has 1 aromatic rings. The Labute approximate surface area is 162 Å². The molecule has 1 aromatic carbocycles. The second-order valence-electron chi connectivity index (χ2n) is 9.03. The first-order valence-electron chi connectivity index (χ1n) is 9.52. The maximum Gasteiger partial charge on any atom is 0.312 e. The number of amides is 2. The number of nitrogens with zero attached hydrogens (tertiary/aromatic N) is 2. The molecule has 1 heterocycles. The lowest BCUT2D eigenvalue weighted by Crippen LogP contribution is -2.56. The summed E-state index contributed by atoms with van der Waals surface area (Å²) < 4.78 is 5.42. The molecule has 0 aromatic heterocycles. The molecular formula is C21H33N3O3. The zero-order valence-electron chi connectivity index (χ0n) is 17.5. The second kappa shape index (κ2) is 8.19. The number of carbonyl (C=O) groups excluding carboxylic acids is 2. The summed E-state index contributed by atoms with van der Waals surface area (Å²) in [5.74, 6) is -0.148. The molecule has 150 valence electrons. The van der Waals surface area contributed by atoms with Gasteiger partial charge in [-0.3, -0.25) is 9.59 Å². The van der Waals surface area contributed by atoms with Gasteiger partial charge in [0.25, 0.3) is 0 Å². The first-order valence-corrected chi connectivity index (χ1v) is 9.52. The van der Waals surface area contributed by atoms with Crippen LogP contribution in [0, 0.1) is 5.41 Å². The summed E-state index contributed by atoms with van der Waals surface area (Å²) in [4.78, 5) is 28.9. The summed E-state index contributed by atoms with van der Waals surface area (Å²) in [7, 11) is 1.66. The molecule has 1 saturated heterocycles. The smallest absolute Gasteiger partial charge is 0.312 e. The van der Waals surface area contributed by atoms with Crippen LogP contribution in [0.2, 0.25) is 0 Å². The van der Waals surface area contributed by atoms with Crippen molar-refractivity contribution in [2.75, 3.05) is 38.2 Å². The third kappa shape index (κ3) is 5.88. The van der Waals surface area contributed by atoms with Crippen molar-refractivity contribution in [3.8, 4) is 5.75 Å². The van der Waals surface area contributed by atoms with Crippen LogP contribution in [0.3, 0.4) is 0 Å². The molecule has 1 N–H and O–H groups in total. The van der Waals surface area contributed by atoms with Crippen LogP contribution in [0.4, 0.5) is 5.69 Å². The molecule has 6 heteroatoms. The van der Waals surface area contributed by atoms with Crippen molar-refractivity contribution >= 4 is 17.5 Å². The molecule has 0 unspecified atom stereocenters. The highest BCUT2D eigenvalue weighted by atomic mass is 16.5. The van der Waals surface area contributed by atoms with Crippen molar-refractivity contribution < 1.29 is 14.3 Å². The number of ether oxygens (including phenoxy) is 1. The summed E-state index contributed by atoms with van der Waals surface area (Å²) in [5, 5.41) is 2.91. The lowest BCUT2D eigenvalue weighted by molar-refractivity contribution is -0.147. The highest BCUT2D eigenvalue weighted by molar-refractivity contribution is 6.35. The van der Waals surface area contributed by atoms with Crippen molar-refractivity contribution in [1.82, 2.24) is 10.2 Å². The van der Waals surface area contributed by atoms with Crippen LogP contribution >= 0.6 is 0 Å². The minimum Gasteiger partial charge on any atom is -0.495 e. The largest absolute Gasteiger partial charge is 0.495 e. The van der Waals surface area contributed by atoms with E-state index in [1.807, 2.05) is 38.1 Å². The van der Waals surface area contributed by atoms with Crippen LogP contribution in [-0.2, 0) is 9.59 Å². The average molecular weight is 376 g/mol. The summed E-state index contributed by atoms with van der Waals surface area (Å²) in [6, 6.07) is 7.85. The number of piperazine rings is 1. The van der Waals surface area contributed by atoms with E-state index in [0.29, 0.717) is 26.2 Å². The molecule has 6 nitrogen and oxygen atoms in total. The molecule has 1 aliphatic rings. The van der Waals surface area contributed by atoms with Crippen LogP contribution in [0.25, 0.3) is 0 Å². The van der Waals surface area contributed by atoms with E-state index in [4.69, 9.17) is 4.74 Å². The normalized spacial score (nSPS) is 15.5. The van der Waals surface area contributed by atoms with Crippen molar-refractivity contribution in [3.05, 3.63) is 24.3 Å². The average Bonchev–Trinajstić information content (AvgIpc) is 2.58. The van der Waals surface area contributed by atoms with E-state index >= 15 is 0 Å². The Morgan fingerprint density at radius 2 is 1.63 bits per heavy atom. The number of nitrogens with one attached hydrogen (secondary N) is 1. The molecule has 2 rings (SSSR count).